The maximum Gasteiger partial charge on any atom is 0.200 e. The van der Waals surface area contributed by atoms with E-state index < -0.39 is 37.1 Å². The highest BCUT2D eigenvalue weighted by Crippen LogP contribution is 2.47. The molecule has 3 heterocycles. The van der Waals surface area contributed by atoms with E-state index in [0.717, 1.165) is 0 Å². The van der Waals surface area contributed by atoms with E-state index in [2.05, 4.69) is 0 Å². The monoisotopic (exact) mass is 398 g/mol. The molecule has 2 aliphatic heterocycles. The highest BCUT2D eigenvalue weighted by atomic mass is 16.6. The van der Waals surface area contributed by atoms with Crippen molar-refractivity contribution in [3.63, 3.8) is 0 Å². The van der Waals surface area contributed by atoms with Gasteiger partial charge in [0.15, 0.2) is 6.10 Å². The first-order valence-corrected chi connectivity index (χ1v) is 9.16. The number of ether oxygens (including phenoxy) is 2. The molecule has 0 saturated carbocycles. The van der Waals surface area contributed by atoms with Crippen molar-refractivity contribution in [2.24, 2.45) is 0 Å². The fourth-order valence-electron chi connectivity index (χ4n) is 4.02. The van der Waals surface area contributed by atoms with Gasteiger partial charge in [-0.2, -0.15) is 0 Å². The number of fused-ring (bicyclic) bond motifs is 5. The van der Waals surface area contributed by atoms with Gasteiger partial charge in [-0.15, -0.1) is 0 Å². The molecule has 5 atom stereocenters. The number of benzene rings is 2. The van der Waals surface area contributed by atoms with E-state index in [4.69, 9.17) is 13.9 Å². The minimum Gasteiger partial charge on any atom is -0.508 e. The molecule has 2 aromatic carbocycles. The summed E-state index contributed by atoms with van der Waals surface area (Å²) in [5, 5.41) is 39.7. The Hall–Kier alpha value is -2.91. The Morgan fingerprint density at radius 1 is 1.00 bits per heavy atom. The second-order valence-electron chi connectivity index (χ2n) is 7.22. The quantitative estimate of drug-likeness (QED) is 0.505. The first-order chi connectivity index (χ1) is 14.0. The van der Waals surface area contributed by atoms with Gasteiger partial charge in [0.05, 0.1) is 23.1 Å². The lowest BCUT2D eigenvalue weighted by atomic mass is 9.92. The summed E-state index contributed by atoms with van der Waals surface area (Å²) >= 11 is 0. The average molecular weight is 398 g/mol. The summed E-state index contributed by atoms with van der Waals surface area (Å²) in [7, 11) is 0. The molecule has 8 heteroatoms. The summed E-state index contributed by atoms with van der Waals surface area (Å²) < 4.78 is 17.3. The second kappa shape index (κ2) is 6.57. The zero-order chi connectivity index (χ0) is 20.3. The lowest BCUT2D eigenvalue weighted by Crippen LogP contribution is -2.55. The lowest BCUT2D eigenvalue weighted by Gasteiger charge is -2.38. The summed E-state index contributed by atoms with van der Waals surface area (Å²) in [4.78, 5) is 13.1. The van der Waals surface area contributed by atoms with Crippen LogP contribution >= 0.6 is 0 Å². The standard InChI is InChI=1S/C21H18O8/c22-7-14-17(25)18(26)21-20(29-14)15-13(28-21)6-5-11-16(24)12(8-27-19(11)15)9-1-3-10(23)4-2-9/h1-6,8,14,17-18,20-23,25-26H,7H2. The van der Waals surface area contributed by atoms with E-state index in [1.54, 1.807) is 24.3 Å². The van der Waals surface area contributed by atoms with Gasteiger partial charge < -0.3 is 34.3 Å². The highest BCUT2D eigenvalue weighted by Gasteiger charge is 2.51. The molecular formula is C21H18O8. The molecule has 4 N–H and O–H groups in total. The third kappa shape index (κ3) is 2.65. The van der Waals surface area contributed by atoms with Gasteiger partial charge in [0.1, 0.15) is 47.8 Å². The van der Waals surface area contributed by atoms with Crippen molar-refractivity contribution in [3.05, 3.63) is 58.4 Å². The molecule has 29 heavy (non-hydrogen) atoms. The molecular weight excluding hydrogens is 380 g/mol. The maximum atomic E-state index is 13.1. The number of aromatic hydroxyl groups is 1. The highest BCUT2D eigenvalue weighted by molar-refractivity contribution is 5.86. The van der Waals surface area contributed by atoms with Crippen LogP contribution in [0.15, 0.2) is 51.9 Å². The van der Waals surface area contributed by atoms with Gasteiger partial charge in [-0.1, -0.05) is 12.1 Å². The third-order valence-electron chi connectivity index (χ3n) is 5.53. The van der Waals surface area contributed by atoms with Crippen molar-refractivity contribution in [2.45, 2.75) is 30.5 Å². The van der Waals surface area contributed by atoms with Crippen molar-refractivity contribution in [1.82, 2.24) is 0 Å². The molecule has 0 radical (unpaired) electrons. The number of aliphatic hydroxyl groups excluding tert-OH is 3. The zero-order valence-corrected chi connectivity index (χ0v) is 15.1. The average Bonchev–Trinajstić information content (AvgIpc) is 3.11. The van der Waals surface area contributed by atoms with Gasteiger partial charge in [-0.05, 0) is 29.8 Å². The Labute approximate surface area is 164 Å². The summed E-state index contributed by atoms with van der Waals surface area (Å²) in [5.74, 6) is 0.478. The van der Waals surface area contributed by atoms with Gasteiger partial charge in [0.25, 0.3) is 0 Å². The van der Waals surface area contributed by atoms with Crippen molar-refractivity contribution in [2.75, 3.05) is 6.61 Å². The van der Waals surface area contributed by atoms with Gasteiger partial charge in [-0.3, -0.25) is 4.79 Å². The van der Waals surface area contributed by atoms with Crippen LogP contribution in [0.2, 0.25) is 0 Å². The number of hydrogen-bond acceptors (Lipinski definition) is 8. The van der Waals surface area contributed by atoms with Crippen LogP contribution in [0.4, 0.5) is 0 Å². The van der Waals surface area contributed by atoms with Crippen LogP contribution in [-0.4, -0.2) is 51.4 Å². The van der Waals surface area contributed by atoms with Crippen molar-refractivity contribution in [1.29, 1.82) is 0 Å². The number of rotatable bonds is 2. The third-order valence-corrected chi connectivity index (χ3v) is 5.53. The predicted molar refractivity (Wildman–Crippen MR) is 101 cm³/mol. The molecule has 1 saturated heterocycles. The van der Waals surface area contributed by atoms with Crippen LogP contribution in [0.1, 0.15) is 11.7 Å². The smallest absolute Gasteiger partial charge is 0.200 e. The molecule has 1 fully saturated rings. The van der Waals surface area contributed by atoms with Crippen LogP contribution in [0, 0.1) is 0 Å². The number of phenolic OH excluding ortho intramolecular Hbond substituents is 1. The molecule has 5 unspecified atom stereocenters. The Balaban J connectivity index is 1.65. The first kappa shape index (κ1) is 18.1. The van der Waals surface area contributed by atoms with Gasteiger partial charge in [-0.25, -0.2) is 0 Å². The lowest BCUT2D eigenvalue weighted by molar-refractivity contribution is -0.215. The summed E-state index contributed by atoms with van der Waals surface area (Å²) in [6.07, 6.45) is -3.89. The molecule has 0 aliphatic carbocycles. The number of hydrogen-bond donors (Lipinski definition) is 4. The van der Waals surface area contributed by atoms with Crippen LogP contribution in [0.3, 0.4) is 0 Å². The Bertz CT molecular complexity index is 1140. The largest absolute Gasteiger partial charge is 0.508 e. The molecule has 2 aliphatic rings. The Kier molecular flexibility index (Phi) is 4.11. The van der Waals surface area contributed by atoms with E-state index in [0.29, 0.717) is 27.8 Å². The molecule has 150 valence electrons. The normalized spacial score (nSPS) is 28.0. The summed E-state index contributed by atoms with van der Waals surface area (Å²) in [6, 6.07) is 9.38. The molecule has 5 rings (SSSR count). The molecule has 0 spiro atoms. The Morgan fingerprint density at radius 2 is 1.76 bits per heavy atom. The van der Waals surface area contributed by atoms with Crippen molar-refractivity contribution in [3.8, 4) is 22.6 Å². The molecule has 3 aromatic rings. The number of phenols is 1. The zero-order valence-electron chi connectivity index (χ0n) is 15.1. The minimum absolute atomic E-state index is 0.0913. The van der Waals surface area contributed by atoms with Crippen LogP contribution < -0.4 is 10.2 Å². The van der Waals surface area contributed by atoms with Crippen molar-refractivity contribution >= 4 is 11.0 Å². The molecule has 0 bridgehead atoms. The summed E-state index contributed by atoms with van der Waals surface area (Å²) in [6.45, 7) is -0.476. The van der Waals surface area contributed by atoms with E-state index >= 15 is 0 Å². The SMILES string of the molecule is O=c1c(-c2ccc(O)cc2)coc2c3c(ccc12)OC1C3OC(CO)C(O)C1O. The minimum atomic E-state index is -1.30. The van der Waals surface area contributed by atoms with E-state index in [1.807, 2.05) is 0 Å². The van der Waals surface area contributed by atoms with Crippen LogP contribution in [0.25, 0.3) is 22.1 Å². The fourth-order valence-corrected chi connectivity index (χ4v) is 4.02. The first-order valence-electron chi connectivity index (χ1n) is 9.16. The maximum absolute atomic E-state index is 13.1. The van der Waals surface area contributed by atoms with Crippen LogP contribution in [-0.2, 0) is 4.74 Å². The predicted octanol–water partition coefficient (Wildman–Crippen LogP) is 1.08. The van der Waals surface area contributed by atoms with E-state index in [9.17, 15) is 25.2 Å². The molecule has 8 nitrogen and oxygen atoms in total. The van der Waals surface area contributed by atoms with E-state index in [-0.39, 0.29) is 16.8 Å². The van der Waals surface area contributed by atoms with Crippen LogP contribution in [0.5, 0.6) is 11.5 Å². The molecule has 1 aromatic heterocycles. The van der Waals surface area contributed by atoms with E-state index in [1.165, 1.54) is 18.4 Å². The fraction of sp³-hybridized carbons (Fsp3) is 0.286. The number of aliphatic hydroxyl groups is 3. The van der Waals surface area contributed by atoms with Crippen molar-refractivity contribution < 1.29 is 34.3 Å². The van der Waals surface area contributed by atoms with Gasteiger partial charge in [0, 0.05) is 0 Å². The summed E-state index contributed by atoms with van der Waals surface area (Å²) in [5.41, 5.74) is 1.40. The van der Waals surface area contributed by atoms with Gasteiger partial charge in [0.2, 0.25) is 5.43 Å². The Morgan fingerprint density at radius 3 is 2.48 bits per heavy atom. The topological polar surface area (TPSA) is 130 Å². The second-order valence-corrected chi connectivity index (χ2v) is 7.22. The molecule has 0 amide bonds. The van der Waals surface area contributed by atoms with Gasteiger partial charge >= 0.3 is 0 Å².